The van der Waals surface area contributed by atoms with Gasteiger partial charge in [0, 0.05) is 29.8 Å². The number of hydrogen-bond acceptors (Lipinski definition) is 2. The Morgan fingerprint density at radius 1 is 1.39 bits per heavy atom. The fourth-order valence-electron chi connectivity index (χ4n) is 1.56. The molecule has 0 unspecified atom stereocenters. The van der Waals surface area contributed by atoms with Crippen molar-refractivity contribution in [1.29, 1.82) is 0 Å². The topological polar surface area (TPSA) is 38.3 Å². The highest BCUT2D eigenvalue weighted by Gasteiger charge is 2.08. The summed E-state index contributed by atoms with van der Waals surface area (Å²) in [6.07, 6.45) is 1.88. The maximum atomic E-state index is 11.9. The van der Waals surface area contributed by atoms with Crippen molar-refractivity contribution >= 4 is 21.8 Å². The molecule has 0 radical (unpaired) electrons. The lowest BCUT2D eigenvalue weighted by molar-refractivity contribution is 0.0940. The molecular formula is C14H20BrNO2. The van der Waals surface area contributed by atoms with Crippen molar-refractivity contribution in [1.82, 2.24) is 5.32 Å². The average molecular weight is 314 g/mol. The number of carbonyl (C=O) groups excluding carboxylic acids is 1. The maximum Gasteiger partial charge on any atom is 0.251 e. The van der Waals surface area contributed by atoms with Crippen LogP contribution in [0.3, 0.4) is 0 Å². The van der Waals surface area contributed by atoms with Gasteiger partial charge in [0.25, 0.3) is 5.91 Å². The van der Waals surface area contributed by atoms with Gasteiger partial charge < -0.3 is 10.1 Å². The Morgan fingerprint density at radius 2 is 2.17 bits per heavy atom. The standard InChI is InChI=1S/C14H20BrNO2/c1-3-8-18-9-4-7-16-14(17)13-10-12(15)6-5-11(13)2/h5-6,10H,3-4,7-9H2,1-2H3,(H,16,17). The van der Waals surface area contributed by atoms with Crippen LogP contribution in [0, 0.1) is 6.92 Å². The number of benzene rings is 1. The van der Waals surface area contributed by atoms with Gasteiger partial charge in [0.15, 0.2) is 0 Å². The van der Waals surface area contributed by atoms with Crippen LogP contribution >= 0.6 is 15.9 Å². The highest BCUT2D eigenvalue weighted by molar-refractivity contribution is 9.10. The molecule has 0 aliphatic heterocycles. The molecule has 1 N–H and O–H groups in total. The summed E-state index contributed by atoms with van der Waals surface area (Å²) in [7, 11) is 0. The second-order valence-corrected chi connectivity index (χ2v) is 5.10. The minimum absolute atomic E-state index is 0.0238. The van der Waals surface area contributed by atoms with Crippen LogP contribution in [-0.2, 0) is 4.74 Å². The fraction of sp³-hybridized carbons (Fsp3) is 0.500. The molecule has 1 aromatic rings. The number of carbonyl (C=O) groups is 1. The Bertz CT molecular complexity index is 393. The van der Waals surface area contributed by atoms with Crippen molar-refractivity contribution in [3.05, 3.63) is 33.8 Å². The fourth-order valence-corrected chi connectivity index (χ4v) is 1.92. The summed E-state index contributed by atoms with van der Waals surface area (Å²) >= 11 is 3.37. The van der Waals surface area contributed by atoms with Gasteiger partial charge in [-0.3, -0.25) is 4.79 Å². The van der Waals surface area contributed by atoms with E-state index in [1.165, 1.54) is 0 Å². The summed E-state index contributed by atoms with van der Waals surface area (Å²) in [6.45, 7) is 6.16. The van der Waals surface area contributed by atoms with Crippen LogP contribution < -0.4 is 5.32 Å². The monoisotopic (exact) mass is 313 g/mol. The Balaban J connectivity index is 2.34. The van der Waals surface area contributed by atoms with Gasteiger partial charge in [-0.2, -0.15) is 0 Å². The summed E-state index contributed by atoms with van der Waals surface area (Å²) in [5.74, 6) is -0.0238. The smallest absolute Gasteiger partial charge is 0.251 e. The predicted octanol–water partition coefficient (Wildman–Crippen LogP) is 3.30. The van der Waals surface area contributed by atoms with Crippen LogP contribution in [0.25, 0.3) is 0 Å². The van der Waals surface area contributed by atoms with Gasteiger partial charge in [-0.25, -0.2) is 0 Å². The van der Waals surface area contributed by atoms with E-state index >= 15 is 0 Å². The molecule has 0 aliphatic carbocycles. The molecule has 0 atom stereocenters. The second kappa shape index (κ2) is 8.27. The third kappa shape index (κ3) is 5.19. The van der Waals surface area contributed by atoms with E-state index in [4.69, 9.17) is 4.74 Å². The molecule has 4 heteroatoms. The summed E-state index contributed by atoms with van der Waals surface area (Å²) in [6, 6.07) is 5.71. The lowest BCUT2D eigenvalue weighted by atomic mass is 10.1. The highest BCUT2D eigenvalue weighted by Crippen LogP contribution is 2.15. The van der Waals surface area contributed by atoms with Crippen molar-refractivity contribution in [2.75, 3.05) is 19.8 Å². The van der Waals surface area contributed by atoms with Gasteiger partial charge in [-0.15, -0.1) is 0 Å². The normalized spacial score (nSPS) is 10.4. The Morgan fingerprint density at radius 3 is 2.89 bits per heavy atom. The molecular weight excluding hydrogens is 294 g/mol. The molecule has 1 rings (SSSR count). The first-order valence-corrected chi connectivity index (χ1v) is 7.06. The van der Waals surface area contributed by atoms with E-state index in [2.05, 4.69) is 28.2 Å². The van der Waals surface area contributed by atoms with E-state index in [1.807, 2.05) is 25.1 Å². The molecule has 0 aromatic heterocycles. The second-order valence-electron chi connectivity index (χ2n) is 4.18. The molecule has 100 valence electrons. The van der Waals surface area contributed by atoms with E-state index in [9.17, 15) is 4.79 Å². The van der Waals surface area contributed by atoms with Crippen molar-refractivity contribution in [3.8, 4) is 0 Å². The summed E-state index contributed by atoms with van der Waals surface area (Å²) in [4.78, 5) is 11.9. The highest BCUT2D eigenvalue weighted by atomic mass is 79.9. The zero-order valence-corrected chi connectivity index (χ0v) is 12.5. The lowest BCUT2D eigenvalue weighted by Gasteiger charge is -2.08. The average Bonchev–Trinajstić information content (AvgIpc) is 2.36. The van der Waals surface area contributed by atoms with Gasteiger partial charge in [0.1, 0.15) is 0 Å². The molecule has 0 aliphatic rings. The van der Waals surface area contributed by atoms with E-state index in [1.54, 1.807) is 0 Å². The minimum atomic E-state index is -0.0238. The van der Waals surface area contributed by atoms with Crippen LogP contribution in [-0.4, -0.2) is 25.7 Å². The summed E-state index contributed by atoms with van der Waals surface area (Å²) < 4.78 is 6.28. The molecule has 0 saturated heterocycles. The number of amides is 1. The SMILES string of the molecule is CCCOCCCNC(=O)c1cc(Br)ccc1C. The third-order valence-electron chi connectivity index (χ3n) is 2.54. The zero-order valence-electron chi connectivity index (χ0n) is 11.0. The van der Waals surface area contributed by atoms with Crippen LogP contribution in [0.5, 0.6) is 0 Å². The van der Waals surface area contributed by atoms with E-state index < -0.39 is 0 Å². The Hall–Kier alpha value is -0.870. The first-order valence-electron chi connectivity index (χ1n) is 6.27. The molecule has 0 saturated carbocycles. The van der Waals surface area contributed by atoms with E-state index in [-0.39, 0.29) is 5.91 Å². The number of aryl methyl sites for hydroxylation is 1. The lowest BCUT2D eigenvalue weighted by Crippen LogP contribution is -2.26. The summed E-state index contributed by atoms with van der Waals surface area (Å²) in [5, 5.41) is 2.90. The Labute approximate surface area is 117 Å². The molecule has 3 nitrogen and oxygen atoms in total. The quantitative estimate of drug-likeness (QED) is 0.784. The first-order chi connectivity index (χ1) is 8.65. The first kappa shape index (κ1) is 15.2. The van der Waals surface area contributed by atoms with Crippen LogP contribution in [0.4, 0.5) is 0 Å². The van der Waals surface area contributed by atoms with Crippen molar-refractivity contribution in [3.63, 3.8) is 0 Å². The molecule has 0 bridgehead atoms. The van der Waals surface area contributed by atoms with Crippen LogP contribution in [0.2, 0.25) is 0 Å². The molecule has 0 heterocycles. The number of ether oxygens (including phenoxy) is 1. The van der Waals surface area contributed by atoms with Crippen molar-refractivity contribution < 1.29 is 9.53 Å². The number of rotatable bonds is 7. The number of halogens is 1. The van der Waals surface area contributed by atoms with Gasteiger partial charge in [0.2, 0.25) is 0 Å². The Kier molecular flexibility index (Phi) is 6.98. The van der Waals surface area contributed by atoms with Crippen molar-refractivity contribution in [2.24, 2.45) is 0 Å². The van der Waals surface area contributed by atoms with Gasteiger partial charge in [-0.05, 0) is 37.5 Å². The van der Waals surface area contributed by atoms with Crippen molar-refractivity contribution in [2.45, 2.75) is 26.7 Å². The molecule has 18 heavy (non-hydrogen) atoms. The van der Waals surface area contributed by atoms with E-state index in [0.717, 1.165) is 35.0 Å². The van der Waals surface area contributed by atoms with Gasteiger partial charge >= 0.3 is 0 Å². The van der Waals surface area contributed by atoms with Gasteiger partial charge in [0.05, 0.1) is 0 Å². The molecule has 0 fully saturated rings. The molecule has 0 spiro atoms. The molecule has 1 aromatic carbocycles. The third-order valence-corrected chi connectivity index (χ3v) is 3.04. The predicted molar refractivity (Wildman–Crippen MR) is 76.9 cm³/mol. The van der Waals surface area contributed by atoms with Crippen LogP contribution in [0.15, 0.2) is 22.7 Å². The molecule has 1 amide bonds. The maximum absolute atomic E-state index is 11.9. The number of nitrogens with one attached hydrogen (secondary N) is 1. The van der Waals surface area contributed by atoms with Gasteiger partial charge in [-0.1, -0.05) is 28.9 Å². The zero-order chi connectivity index (χ0) is 13.4. The van der Waals surface area contributed by atoms with Crippen LogP contribution in [0.1, 0.15) is 35.7 Å². The minimum Gasteiger partial charge on any atom is -0.381 e. The van der Waals surface area contributed by atoms with E-state index in [0.29, 0.717) is 13.2 Å². The largest absolute Gasteiger partial charge is 0.381 e. The number of hydrogen-bond donors (Lipinski definition) is 1. The summed E-state index contributed by atoms with van der Waals surface area (Å²) in [5.41, 5.74) is 1.71.